The van der Waals surface area contributed by atoms with Gasteiger partial charge in [0.05, 0.1) is 11.5 Å². The summed E-state index contributed by atoms with van der Waals surface area (Å²) in [6.45, 7) is 4.67. The summed E-state index contributed by atoms with van der Waals surface area (Å²) in [6, 6.07) is 8.43. The second-order valence-electron chi connectivity index (χ2n) is 5.10. The maximum atomic E-state index is 12.2. The van der Waals surface area contributed by atoms with Gasteiger partial charge in [-0.15, -0.1) is 11.3 Å². The fraction of sp³-hybridized carbons (Fsp3) is 0.294. The summed E-state index contributed by atoms with van der Waals surface area (Å²) in [5.74, 6) is -0.567. The molecule has 2 N–H and O–H groups in total. The zero-order valence-corrected chi connectivity index (χ0v) is 13.9. The molecule has 1 heterocycles. The number of amides is 1. The number of rotatable bonds is 7. The number of hydrogen-bond donors (Lipinski definition) is 2. The van der Waals surface area contributed by atoms with Gasteiger partial charge in [0.15, 0.2) is 0 Å². The highest BCUT2D eigenvalue weighted by atomic mass is 32.1. The Bertz CT molecular complexity index is 708. The molecule has 0 saturated carbocycles. The highest BCUT2D eigenvalue weighted by Crippen LogP contribution is 2.23. The minimum atomic E-state index is -1.03. The van der Waals surface area contributed by atoms with Crippen molar-refractivity contribution in [1.82, 2.24) is 0 Å². The maximum Gasteiger partial charge on any atom is 0.345 e. The van der Waals surface area contributed by atoms with Crippen LogP contribution in [0.5, 0.6) is 5.75 Å². The molecule has 23 heavy (non-hydrogen) atoms. The van der Waals surface area contributed by atoms with Gasteiger partial charge in [0, 0.05) is 5.69 Å². The monoisotopic (exact) mass is 333 g/mol. The first-order valence-corrected chi connectivity index (χ1v) is 8.21. The van der Waals surface area contributed by atoms with E-state index in [-0.39, 0.29) is 10.8 Å². The summed E-state index contributed by atoms with van der Waals surface area (Å²) >= 11 is 0.955. The number of carboxylic acid groups (broad SMARTS) is 1. The molecular formula is C17H19NO4S. The highest BCUT2D eigenvalue weighted by molar-refractivity contribution is 7.15. The molecule has 6 heteroatoms. The van der Waals surface area contributed by atoms with E-state index in [1.807, 2.05) is 19.1 Å². The van der Waals surface area contributed by atoms with Crippen molar-refractivity contribution in [3.63, 3.8) is 0 Å². The van der Waals surface area contributed by atoms with Crippen LogP contribution in [-0.4, -0.2) is 23.6 Å². The number of carbonyl (C=O) groups excluding carboxylic acids is 1. The van der Waals surface area contributed by atoms with E-state index >= 15 is 0 Å². The summed E-state index contributed by atoms with van der Waals surface area (Å²) in [4.78, 5) is 23.5. The van der Waals surface area contributed by atoms with Gasteiger partial charge >= 0.3 is 5.97 Å². The number of aryl methyl sites for hydroxylation is 1. The molecule has 0 aliphatic heterocycles. The average molecular weight is 333 g/mol. The van der Waals surface area contributed by atoms with Crippen LogP contribution in [0.25, 0.3) is 0 Å². The van der Waals surface area contributed by atoms with E-state index in [9.17, 15) is 9.59 Å². The van der Waals surface area contributed by atoms with Crippen molar-refractivity contribution >= 4 is 28.9 Å². The van der Waals surface area contributed by atoms with Gasteiger partial charge in [-0.3, -0.25) is 4.79 Å². The fourth-order valence-electron chi connectivity index (χ4n) is 1.96. The maximum absolute atomic E-state index is 12.2. The Kier molecular flexibility index (Phi) is 5.76. The largest absolute Gasteiger partial charge is 0.494 e. The first kappa shape index (κ1) is 17.0. The van der Waals surface area contributed by atoms with Gasteiger partial charge in [0.25, 0.3) is 5.91 Å². The van der Waals surface area contributed by atoms with E-state index in [4.69, 9.17) is 9.84 Å². The summed E-state index contributed by atoms with van der Waals surface area (Å²) in [6.07, 6.45) is 2.08. The lowest BCUT2D eigenvalue weighted by Crippen LogP contribution is -2.11. The molecule has 1 aromatic heterocycles. The average Bonchev–Trinajstić information content (AvgIpc) is 3.00. The lowest BCUT2D eigenvalue weighted by Gasteiger charge is -2.10. The van der Waals surface area contributed by atoms with Crippen molar-refractivity contribution in [3.05, 3.63) is 45.6 Å². The molecule has 5 nitrogen and oxygen atoms in total. The van der Waals surface area contributed by atoms with Crippen LogP contribution in [0.1, 0.15) is 44.7 Å². The van der Waals surface area contributed by atoms with Crippen LogP contribution in [0.2, 0.25) is 0 Å². The zero-order valence-electron chi connectivity index (χ0n) is 13.1. The third kappa shape index (κ3) is 4.56. The first-order chi connectivity index (χ1) is 11.0. The number of carbonyl (C=O) groups is 2. The minimum absolute atomic E-state index is 0.145. The van der Waals surface area contributed by atoms with Crippen LogP contribution in [0, 0.1) is 6.92 Å². The number of nitrogens with one attached hydrogen (secondary N) is 1. The van der Waals surface area contributed by atoms with Gasteiger partial charge in [-0.05, 0) is 49.2 Å². The van der Waals surface area contributed by atoms with Crippen molar-refractivity contribution in [2.75, 3.05) is 11.9 Å². The normalized spacial score (nSPS) is 10.3. The SMILES string of the molecule is CCCCOc1ccc(NC(=O)c2ccc(C(=O)O)s2)c(C)c1. The Morgan fingerprint density at radius 2 is 1.96 bits per heavy atom. The highest BCUT2D eigenvalue weighted by Gasteiger charge is 2.14. The Morgan fingerprint density at radius 3 is 2.57 bits per heavy atom. The molecule has 0 aliphatic rings. The van der Waals surface area contributed by atoms with Crippen molar-refractivity contribution in [2.45, 2.75) is 26.7 Å². The van der Waals surface area contributed by atoms with E-state index in [0.29, 0.717) is 17.2 Å². The van der Waals surface area contributed by atoms with E-state index in [0.717, 1.165) is 35.5 Å². The quantitative estimate of drug-likeness (QED) is 0.745. The third-order valence-electron chi connectivity index (χ3n) is 3.25. The predicted octanol–water partition coefficient (Wildman–Crippen LogP) is 4.19. The molecule has 2 rings (SSSR count). The molecule has 0 bridgehead atoms. The molecule has 0 spiro atoms. The molecule has 0 saturated heterocycles. The summed E-state index contributed by atoms with van der Waals surface area (Å²) in [5, 5.41) is 11.7. The Labute approximate surface area is 138 Å². The lowest BCUT2D eigenvalue weighted by atomic mass is 10.2. The number of carboxylic acids is 1. The van der Waals surface area contributed by atoms with Gasteiger partial charge in [-0.1, -0.05) is 13.3 Å². The number of hydrogen-bond acceptors (Lipinski definition) is 4. The van der Waals surface area contributed by atoms with Crippen LogP contribution >= 0.6 is 11.3 Å². The number of anilines is 1. The van der Waals surface area contributed by atoms with E-state index < -0.39 is 5.97 Å². The number of unbranched alkanes of at least 4 members (excludes halogenated alkanes) is 1. The van der Waals surface area contributed by atoms with Gasteiger partial charge in [-0.25, -0.2) is 4.79 Å². The van der Waals surface area contributed by atoms with Crippen LogP contribution < -0.4 is 10.1 Å². The molecule has 0 unspecified atom stereocenters. The topological polar surface area (TPSA) is 75.6 Å². The second-order valence-corrected chi connectivity index (χ2v) is 6.19. The molecule has 0 aliphatic carbocycles. The molecule has 1 amide bonds. The predicted molar refractivity (Wildman–Crippen MR) is 90.8 cm³/mol. The Balaban J connectivity index is 2.04. The van der Waals surface area contributed by atoms with Gasteiger partial charge < -0.3 is 15.2 Å². The molecule has 122 valence electrons. The van der Waals surface area contributed by atoms with Crippen LogP contribution in [0.3, 0.4) is 0 Å². The zero-order chi connectivity index (χ0) is 16.8. The minimum Gasteiger partial charge on any atom is -0.494 e. The summed E-state index contributed by atoms with van der Waals surface area (Å²) in [5.41, 5.74) is 1.57. The van der Waals surface area contributed by atoms with E-state index in [2.05, 4.69) is 12.2 Å². The van der Waals surface area contributed by atoms with Gasteiger partial charge in [0.2, 0.25) is 0 Å². The van der Waals surface area contributed by atoms with Crippen LogP contribution in [0.15, 0.2) is 30.3 Å². The van der Waals surface area contributed by atoms with Crippen molar-refractivity contribution in [3.8, 4) is 5.75 Å². The number of aromatic carboxylic acids is 1. The Morgan fingerprint density at radius 1 is 1.22 bits per heavy atom. The molecule has 1 aromatic carbocycles. The second kappa shape index (κ2) is 7.78. The Hall–Kier alpha value is -2.34. The molecule has 0 fully saturated rings. The molecular weight excluding hydrogens is 314 g/mol. The molecule has 0 atom stereocenters. The van der Waals surface area contributed by atoms with Gasteiger partial charge in [-0.2, -0.15) is 0 Å². The third-order valence-corrected chi connectivity index (χ3v) is 4.33. The fourth-order valence-corrected chi connectivity index (χ4v) is 2.70. The van der Waals surface area contributed by atoms with Crippen molar-refractivity contribution in [1.29, 1.82) is 0 Å². The van der Waals surface area contributed by atoms with Gasteiger partial charge in [0.1, 0.15) is 10.6 Å². The van der Waals surface area contributed by atoms with Crippen molar-refractivity contribution in [2.24, 2.45) is 0 Å². The van der Waals surface area contributed by atoms with E-state index in [1.165, 1.54) is 12.1 Å². The smallest absolute Gasteiger partial charge is 0.345 e. The summed E-state index contributed by atoms with van der Waals surface area (Å²) < 4.78 is 5.63. The summed E-state index contributed by atoms with van der Waals surface area (Å²) in [7, 11) is 0. The number of thiophene rings is 1. The lowest BCUT2D eigenvalue weighted by molar-refractivity contribution is 0.0702. The number of benzene rings is 1. The number of ether oxygens (including phenoxy) is 1. The molecule has 0 radical (unpaired) electrons. The first-order valence-electron chi connectivity index (χ1n) is 7.39. The van der Waals surface area contributed by atoms with Crippen LogP contribution in [-0.2, 0) is 0 Å². The van der Waals surface area contributed by atoms with E-state index in [1.54, 1.807) is 6.07 Å². The van der Waals surface area contributed by atoms with Crippen molar-refractivity contribution < 1.29 is 19.4 Å². The van der Waals surface area contributed by atoms with Crippen LogP contribution in [0.4, 0.5) is 5.69 Å². The standard InChI is InChI=1S/C17H19NO4S/c1-3-4-9-22-12-5-6-13(11(2)10-12)18-16(19)14-7-8-15(23-14)17(20)21/h5-8,10H,3-4,9H2,1-2H3,(H,18,19)(H,20,21). The molecule has 2 aromatic rings.